The van der Waals surface area contributed by atoms with Crippen LogP contribution in [0, 0.1) is 17.1 Å². The zero-order valence-electron chi connectivity index (χ0n) is 10.6. The van der Waals surface area contributed by atoms with Gasteiger partial charge in [-0.15, -0.1) is 11.6 Å². The summed E-state index contributed by atoms with van der Waals surface area (Å²) < 4.78 is 15.6. The van der Waals surface area contributed by atoms with Crippen molar-refractivity contribution in [2.24, 2.45) is 0 Å². The zero-order valence-corrected chi connectivity index (χ0v) is 12.2. The van der Waals surface area contributed by atoms with Gasteiger partial charge in [0.1, 0.15) is 11.3 Å². The van der Waals surface area contributed by atoms with Crippen LogP contribution < -0.4 is 0 Å². The van der Waals surface area contributed by atoms with Crippen molar-refractivity contribution in [3.8, 4) is 11.8 Å². The summed E-state index contributed by atoms with van der Waals surface area (Å²) in [4.78, 5) is 4.22. The first-order chi connectivity index (χ1) is 10.2. The van der Waals surface area contributed by atoms with Gasteiger partial charge in [0.15, 0.2) is 5.82 Å². The quantitative estimate of drug-likeness (QED) is 0.656. The number of halogens is 3. The fraction of sp³-hybridized carbons (Fsp3) is 0.0667. The van der Waals surface area contributed by atoms with Gasteiger partial charge in [0.25, 0.3) is 0 Å². The number of hydrogen-bond donors (Lipinski definition) is 0. The van der Waals surface area contributed by atoms with Crippen molar-refractivity contribution in [1.82, 2.24) is 9.55 Å². The van der Waals surface area contributed by atoms with E-state index in [1.165, 1.54) is 6.07 Å². The van der Waals surface area contributed by atoms with E-state index in [9.17, 15) is 4.39 Å². The van der Waals surface area contributed by atoms with Crippen molar-refractivity contribution < 1.29 is 4.39 Å². The molecule has 0 aliphatic rings. The van der Waals surface area contributed by atoms with Gasteiger partial charge >= 0.3 is 0 Å². The fourth-order valence-electron chi connectivity index (χ4n) is 2.23. The Labute approximate surface area is 130 Å². The van der Waals surface area contributed by atoms with Crippen LogP contribution >= 0.6 is 23.2 Å². The number of alkyl halides is 1. The Morgan fingerprint density at radius 2 is 2.10 bits per heavy atom. The third kappa shape index (κ3) is 2.25. The van der Waals surface area contributed by atoms with Crippen molar-refractivity contribution in [3.63, 3.8) is 0 Å². The molecular weight excluding hydrogens is 312 g/mol. The lowest BCUT2D eigenvalue weighted by Crippen LogP contribution is -2.00. The average Bonchev–Trinajstić information content (AvgIpc) is 2.87. The Morgan fingerprint density at radius 3 is 2.76 bits per heavy atom. The first-order valence-corrected chi connectivity index (χ1v) is 6.98. The largest absolute Gasteiger partial charge is 0.294 e. The lowest BCUT2D eigenvalue weighted by molar-refractivity contribution is 0.637. The molecular formula is C15H8Cl2FN3. The van der Waals surface area contributed by atoms with E-state index in [0.717, 1.165) is 0 Å². The highest BCUT2D eigenvalue weighted by molar-refractivity contribution is 6.32. The van der Waals surface area contributed by atoms with Gasteiger partial charge in [0.2, 0.25) is 0 Å². The molecule has 3 aromatic rings. The van der Waals surface area contributed by atoms with Gasteiger partial charge in [0.05, 0.1) is 33.7 Å². The summed E-state index contributed by atoms with van der Waals surface area (Å²) in [5, 5.41) is 9.27. The van der Waals surface area contributed by atoms with E-state index in [4.69, 9.17) is 28.5 Å². The molecule has 0 amide bonds. The maximum atomic E-state index is 13.9. The zero-order chi connectivity index (χ0) is 15.0. The maximum absolute atomic E-state index is 13.9. The van der Waals surface area contributed by atoms with Crippen LogP contribution in [0.1, 0.15) is 11.4 Å². The molecule has 3 nitrogen and oxygen atoms in total. The first kappa shape index (κ1) is 13.9. The smallest absolute Gasteiger partial charge is 0.151 e. The van der Waals surface area contributed by atoms with E-state index < -0.39 is 5.82 Å². The van der Waals surface area contributed by atoms with Crippen molar-refractivity contribution >= 4 is 34.2 Å². The van der Waals surface area contributed by atoms with Gasteiger partial charge in [-0.2, -0.15) is 5.26 Å². The number of nitrogens with zero attached hydrogens (tertiary/aromatic N) is 3. The molecule has 0 radical (unpaired) electrons. The molecule has 0 bridgehead atoms. The highest BCUT2D eigenvalue weighted by atomic mass is 35.5. The Bertz CT molecular complexity index is 880. The minimum Gasteiger partial charge on any atom is -0.294 e. The van der Waals surface area contributed by atoms with E-state index in [1.54, 1.807) is 34.9 Å². The highest BCUT2D eigenvalue weighted by Gasteiger charge is 2.16. The van der Waals surface area contributed by atoms with Crippen LogP contribution in [0.2, 0.25) is 5.02 Å². The number of para-hydroxylation sites is 1. The summed E-state index contributed by atoms with van der Waals surface area (Å²) in [6.45, 7) is 0. The van der Waals surface area contributed by atoms with Crippen LogP contribution in [-0.2, 0) is 5.88 Å². The van der Waals surface area contributed by atoms with Crippen molar-refractivity contribution in [3.05, 3.63) is 58.6 Å². The van der Waals surface area contributed by atoms with Crippen molar-refractivity contribution in [2.45, 2.75) is 5.88 Å². The van der Waals surface area contributed by atoms with Gasteiger partial charge in [-0.3, -0.25) is 4.57 Å². The lowest BCUT2D eigenvalue weighted by atomic mass is 10.2. The van der Waals surface area contributed by atoms with E-state index in [1.807, 2.05) is 6.07 Å². The van der Waals surface area contributed by atoms with Crippen molar-refractivity contribution in [1.29, 1.82) is 5.26 Å². The molecule has 1 heterocycles. The molecule has 0 saturated heterocycles. The molecule has 1 aromatic heterocycles. The second-order valence-electron chi connectivity index (χ2n) is 4.38. The predicted octanol–water partition coefficient (Wildman–Crippen LogP) is 4.43. The van der Waals surface area contributed by atoms with Crippen LogP contribution in [0.3, 0.4) is 0 Å². The van der Waals surface area contributed by atoms with Gasteiger partial charge in [-0.1, -0.05) is 17.7 Å². The van der Waals surface area contributed by atoms with Gasteiger partial charge < -0.3 is 0 Å². The Morgan fingerprint density at radius 1 is 1.29 bits per heavy atom. The molecule has 3 rings (SSSR count). The van der Waals surface area contributed by atoms with E-state index >= 15 is 0 Å². The normalized spacial score (nSPS) is 10.8. The van der Waals surface area contributed by atoms with Crippen LogP contribution in [0.5, 0.6) is 0 Å². The standard InChI is InChI=1S/C15H8Cl2FN3/c16-7-14-20-15-11(18)2-1-3-13(15)21(14)12-5-4-9(8-19)6-10(12)17/h1-6H,7H2. The minimum absolute atomic E-state index is 0.116. The molecule has 0 spiro atoms. The molecule has 0 fully saturated rings. The topological polar surface area (TPSA) is 41.6 Å². The van der Waals surface area contributed by atoms with Crippen LogP contribution in [0.25, 0.3) is 16.7 Å². The summed E-state index contributed by atoms with van der Waals surface area (Å²) in [5.74, 6) is 0.190. The number of fused-ring (bicyclic) bond motifs is 1. The number of aromatic nitrogens is 2. The lowest BCUT2D eigenvalue weighted by Gasteiger charge is -2.10. The summed E-state index contributed by atoms with van der Waals surface area (Å²) in [6.07, 6.45) is 0. The summed E-state index contributed by atoms with van der Waals surface area (Å²) in [6, 6.07) is 11.6. The summed E-state index contributed by atoms with van der Waals surface area (Å²) in [7, 11) is 0. The molecule has 0 atom stereocenters. The van der Waals surface area contributed by atoms with E-state index in [0.29, 0.717) is 27.6 Å². The minimum atomic E-state index is -0.414. The third-order valence-electron chi connectivity index (χ3n) is 3.14. The molecule has 2 aromatic carbocycles. The molecule has 0 unspecified atom stereocenters. The number of rotatable bonds is 2. The molecule has 0 aliphatic carbocycles. The monoisotopic (exact) mass is 319 g/mol. The Hall–Kier alpha value is -2.09. The molecule has 104 valence electrons. The van der Waals surface area contributed by atoms with Gasteiger partial charge in [0, 0.05) is 0 Å². The van der Waals surface area contributed by atoms with Crippen LogP contribution in [0.15, 0.2) is 36.4 Å². The number of imidazole rings is 1. The SMILES string of the molecule is N#Cc1ccc(-n2c(CCl)nc3c(F)cccc32)c(Cl)c1. The predicted molar refractivity (Wildman–Crippen MR) is 80.3 cm³/mol. The van der Waals surface area contributed by atoms with Crippen LogP contribution in [0.4, 0.5) is 4.39 Å². The number of hydrogen-bond acceptors (Lipinski definition) is 2. The van der Waals surface area contributed by atoms with E-state index in [2.05, 4.69) is 4.98 Å². The molecule has 6 heteroatoms. The van der Waals surface area contributed by atoms with Crippen molar-refractivity contribution in [2.75, 3.05) is 0 Å². The Balaban J connectivity index is 2.34. The molecule has 0 saturated carbocycles. The number of benzene rings is 2. The highest BCUT2D eigenvalue weighted by Crippen LogP contribution is 2.29. The molecule has 21 heavy (non-hydrogen) atoms. The van der Waals surface area contributed by atoms with Gasteiger partial charge in [-0.25, -0.2) is 9.37 Å². The summed E-state index contributed by atoms with van der Waals surface area (Å²) in [5.41, 5.74) is 1.89. The number of nitriles is 1. The summed E-state index contributed by atoms with van der Waals surface area (Å²) >= 11 is 12.1. The average molecular weight is 320 g/mol. The van der Waals surface area contributed by atoms with Gasteiger partial charge in [-0.05, 0) is 30.3 Å². The van der Waals surface area contributed by atoms with E-state index in [-0.39, 0.29) is 11.4 Å². The molecule has 0 N–H and O–H groups in total. The second kappa shape index (κ2) is 5.36. The molecule has 0 aliphatic heterocycles. The second-order valence-corrected chi connectivity index (χ2v) is 5.06. The Kier molecular flexibility index (Phi) is 3.54. The fourth-order valence-corrected chi connectivity index (χ4v) is 2.67. The third-order valence-corrected chi connectivity index (χ3v) is 3.68. The van der Waals surface area contributed by atoms with Crippen LogP contribution in [-0.4, -0.2) is 9.55 Å². The maximum Gasteiger partial charge on any atom is 0.151 e. The first-order valence-electron chi connectivity index (χ1n) is 6.07.